The van der Waals surface area contributed by atoms with Crippen LogP contribution in [0.2, 0.25) is 0 Å². The number of nitrogens with two attached hydrogens (primary N) is 1. The Morgan fingerprint density at radius 1 is 1.39 bits per heavy atom. The first-order chi connectivity index (χ1) is 8.69. The van der Waals surface area contributed by atoms with Crippen molar-refractivity contribution in [1.29, 1.82) is 0 Å². The second kappa shape index (κ2) is 5.31. The normalized spacial score (nSPS) is 10.1. The molecule has 0 spiro atoms. The molecule has 0 fully saturated rings. The molecule has 0 amide bonds. The second-order valence-corrected chi connectivity index (χ2v) is 3.94. The monoisotopic (exact) mass is 241 g/mol. The van der Waals surface area contributed by atoms with Gasteiger partial charge >= 0.3 is 6.01 Å². The van der Waals surface area contributed by atoms with Gasteiger partial charge in [0.1, 0.15) is 5.75 Å². The van der Waals surface area contributed by atoms with Crippen LogP contribution in [0.5, 0.6) is 11.8 Å². The van der Waals surface area contributed by atoms with Crippen molar-refractivity contribution in [2.75, 3.05) is 5.73 Å². The minimum absolute atomic E-state index is 0.338. The molecule has 0 radical (unpaired) electrons. The zero-order chi connectivity index (χ0) is 13.0. The van der Waals surface area contributed by atoms with Gasteiger partial charge in [-0.15, -0.1) is 6.58 Å². The van der Waals surface area contributed by atoms with E-state index in [4.69, 9.17) is 10.5 Å². The minimum atomic E-state index is 0.338. The van der Waals surface area contributed by atoms with E-state index in [0.29, 0.717) is 23.9 Å². The fourth-order valence-corrected chi connectivity index (χ4v) is 1.59. The number of hydrogen-bond donors (Lipinski definition) is 1. The summed E-state index contributed by atoms with van der Waals surface area (Å²) in [5.41, 5.74) is 8.28. The van der Waals surface area contributed by atoms with Crippen molar-refractivity contribution >= 4 is 5.69 Å². The topological polar surface area (TPSA) is 61.0 Å². The summed E-state index contributed by atoms with van der Waals surface area (Å²) < 4.78 is 5.67. The molecular formula is C14H15N3O. The number of benzene rings is 1. The molecule has 0 saturated heterocycles. The van der Waals surface area contributed by atoms with Crippen LogP contribution in [0.25, 0.3) is 0 Å². The molecule has 2 rings (SSSR count). The van der Waals surface area contributed by atoms with Gasteiger partial charge in [-0.2, -0.15) is 0 Å². The highest BCUT2D eigenvalue weighted by atomic mass is 16.5. The first-order valence-electron chi connectivity index (χ1n) is 5.66. The number of nitrogen functional groups attached to an aromatic ring is 1. The molecule has 18 heavy (non-hydrogen) atoms. The smallest absolute Gasteiger partial charge is 0.322 e. The molecule has 0 atom stereocenters. The number of aromatic nitrogens is 2. The number of nitrogens with zero attached hydrogens (tertiary/aromatic N) is 2. The lowest BCUT2D eigenvalue weighted by atomic mass is 10.1. The third kappa shape index (κ3) is 2.85. The van der Waals surface area contributed by atoms with Crippen molar-refractivity contribution in [2.45, 2.75) is 13.3 Å². The molecule has 1 aromatic heterocycles. The first kappa shape index (κ1) is 12.1. The number of anilines is 1. The molecule has 4 heteroatoms. The predicted molar refractivity (Wildman–Crippen MR) is 71.6 cm³/mol. The van der Waals surface area contributed by atoms with Gasteiger partial charge in [-0.3, -0.25) is 0 Å². The average Bonchev–Trinajstić information content (AvgIpc) is 2.33. The first-order valence-corrected chi connectivity index (χ1v) is 5.66. The zero-order valence-corrected chi connectivity index (χ0v) is 10.3. The molecule has 0 aliphatic heterocycles. The van der Waals surface area contributed by atoms with Crippen molar-refractivity contribution < 1.29 is 4.74 Å². The van der Waals surface area contributed by atoms with E-state index in [1.807, 2.05) is 25.1 Å². The van der Waals surface area contributed by atoms with Crippen LogP contribution in [-0.4, -0.2) is 9.97 Å². The number of ether oxygens (including phenoxy) is 1. The molecule has 1 aromatic carbocycles. The van der Waals surface area contributed by atoms with Crippen LogP contribution in [0.15, 0.2) is 43.1 Å². The van der Waals surface area contributed by atoms with E-state index in [9.17, 15) is 0 Å². The highest BCUT2D eigenvalue weighted by molar-refractivity contribution is 5.49. The molecular weight excluding hydrogens is 226 g/mol. The lowest BCUT2D eigenvalue weighted by Gasteiger charge is -2.09. The van der Waals surface area contributed by atoms with E-state index < -0.39 is 0 Å². The number of aryl methyl sites for hydroxylation is 1. The van der Waals surface area contributed by atoms with Crippen LogP contribution in [0.1, 0.15) is 11.3 Å². The highest BCUT2D eigenvalue weighted by Gasteiger charge is 2.06. The summed E-state index contributed by atoms with van der Waals surface area (Å²) >= 11 is 0. The molecule has 0 unspecified atom stereocenters. The van der Waals surface area contributed by atoms with E-state index in [0.717, 1.165) is 11.3 Å². The Kier molecular flexibility index (Phi) is 3.57. The number of hydrogen-bond acceptors (Lipinski definition) is 4. The van der Waals surface area contributed by atoms with Gasteiger partial charge in [0.25, 0.3) is 0 Å². The van der Waals surface area contributed by atoms with Gasteiger partial charge in [-0.05, 0) is 37.6 Å². The van der Waals surface area contributed by atoms with E-state index in [2.05, 4.69) is 16.5 Å². The van der Waals surface area contributed by atoms with Crippen LogP contribution in [0.3, 0.4) is 0 Å². The Labute approximate surface area is 106 Å². The van der Waals surface area contributed by atoms with E-state index in [1.165, 1.54) is 0 Å². The molecule has 2 aromatic rings. The maximum atomic E-state index is 5.75. The van der Waals surface area contributed by atoms with E-state index >= 15 is 0 Å². The lowest BCUT2D eigenvalue weighted by molar-refractivity contribution is 0.436. The largest absolute Gasteiger partial charge is 0.424 e. The van der Waals surface area contributed by atoms with E-state index in [-0.39, 0.29) is 0 Å². The van der Waals surface area contributed by atoms with Crippen LogP contribution in [0, 0.1) is 6.92 Å². The Morgan fingerprint density at radius 3 is 2.94 bits per heavy atom. The van der Waals surface area contributed by atoms with Crippen LogP contribution in [-0.2, 0) is 6.42 Å². The molecule has 0 saturated carbocycles. The molecule has 1 heterocycles. The predicted octanol–water partition coefficient (Wildman–Crippen LogP) is 2.89. The van der Waals surface area contributed by atoms with Crippen molar-refractivity contribution in [2.24, 2.45) is 0 Å². The second-order valence-electron chi connectivity index (χ2n) is 3.94. The quantitative estimate of drug-likeness (QED) is 0.660. The Balaban J connectivity index is 2.30. The Morgan fingerprint density at radius 2 is 2.22 bits per heavy atom. The number of allylic oxidation sites excluding steroid dienone is 1. The van der Waals surface area contributed by atoms with Gasteiger partial charge in [-0.1, -0.05) is 6.08 Å². The zero-order valence-electron chi connectivity index (χ0n) is 10.3. The molecule has 2 N–H and O–H groups in total. The maximum Gasteiger partial charge on any atom is 0.322 e. The van der Waals surface area contributed by atoms with Crippen LogP contribution in [0.4, 0.5) is 5.69 Å². The minimum Gasteiger partial charge on any atom is -0.424 e. The number of rotatable bonds is 4. The van der Waals surface area contributed by atoms with Gasteiger partial charge in [0.05, 0.1) is 0 Å². The van der Waals surface area contributed by atoms with Gasteiger partial charge < -0.3 is 10.5 Å². The van der Waals surface area contributed by atoms with Crippen LogP contribution < -0.4 is 10.5 Å². The summed E-state index contributed by atoms with van der Waals surface area (Å²) in [5, 5.41) is 0. The molecule has 92 valence electrons. The lowest BCUT2D eigenvalue weighted by Crippen LogP contribution is -1.97. The summed E-state index contributed by atoms with van der Waals surface area (Å²) in [5.74, 6) is 0.703. The van der Waals surface area contributed by atoms with E-state index in [1.54, 1.807) is 18.3 Å². The summed E-state index contributed by atoms with van der Waals surface area (Å²) in [6.07, 6.45) is 4.16. The van der Waals surface area contributed by atoms with Gasteiger partial charge in [0.15, 0.2) is 0 Å². The Bertz CT molecular complexity index is 567. The Hall–Kier alpha value is -2.36. The van der Waals surface area contributed by atoms with Crippen molar-refractivity contribution in [3.8, 4) is 11.8 Å². The summed E-state index contributed by atoms with van der Waals surface area (Å²) in [7, 11) is 0. The fourth-order valence-electron chi connectivity index (χ4n) is 1.59. The van der Waals surface area contributed by atoms with Gasteiger partial charge in [0.2, 0.25) is 0 Å². The van der Waals surface area contributed by atoms with Crippen molar-refractivity contribution in [3.63, 3.8) is 0 Å². The molecule has 0 aliphatic rings. The third-order valence-corrected chi connectivity index (χ3v) is 2.42. The third-order valence-electron chi connectivity index (χ3n) is 2.42. The van der Waals surface area contributed by atoms with Crippen molar-refractivity contribution in [3.05, 3.63) is 54.4 Å². The summed E-state index contributed by atoms with van der Waals surface area (Å²) in [6.45, 7) is 5.61. The van der Waals surface area contributed by atoms with Crippen LogP contribution >= 0.6 is 0 Å². The average molecular weight is 241 g/mol. The van der Waals surface area contributed by atoms with Gasteiger partial charge in [-0.25, -0.2) is 9.97 Å². The standard InChI is InChI=1S/C14H15N3O/c1-3-4-11-9-12(15)5-6-13(11)18-14-16-8-7-10(2)17-14/h3,5-9H,1,4,15H2,2H3. The van der Waals surface area contributed by atoms with Gasteiger partial charge in [0, 0.05) is 23.1 Å². The summed E-state index contributed by atoms with van der Waals surface area (Å²) in [4.78, 5) is 8.27. The SMILES string of the molecule is C=CCc1cc(N)ccc1Oc1nccc(C)n1. The maximum absolute atomic E-state index is 5.75. The molecule has 0 bridgehead atoms. The summed E-state index contributed by atoms with van der Waals surface area (Å²) in [6, 6.07) is 7.63. The fraction of sp³-hybridized carbons (Fsp3) is 0.143. The highest BCUT2D eigenvalue weighted by Crippen LogP contribution is 2.25. The molecule has 0 aliphatic carbocycles. The van der Waals surface area contributed by atoms with Crippen molar-refractivity contribution in [1.82, 2.24) is 9.97 Å². The molecule has 4 nitrogen and oxygen atoms in total.